The fourth-order valence-electron chi connectivity index (χ4n) is 5.14. The Kier molecular flexibility index (Phi) is 7.27. The molecule has 1 unspecified atom stereocenters. The van der Waals surface area contributed by atoms with Gasteiger partial charge in [0.25, 0.3) is 5.56 Å². The highest BCUT2D eigenvalue weighted by molar-refractivity contribution is 8.00. The number of hydrogen-bond acceptors (Lipinski definition) is 8. The molecule has 2 N–H and O–H groups in total. The second-order valence-corrected chi connectivity index (χ2v) is 10.1. The first-order valence-corrected chi connectivity index (χ1v) is 12.7. The summed E-state index contributed by atoms with van der Waals surface area (Å²) < 4.78 is 22.4. The lowest BCUT2D eigenvalue weighted by Gasteiger charge is -2.34. The van der Waals surface area contributed by atoms with Crippen molar-refractivity contribution in [2.24, 2.45) is 0 Å². The lowest BCUT2D eigenvalue weighted by Crippen LogP contribution is -2.47. The van der Waals surface area contributed by atoms with E-state index in [-0.39, 0.29) is 41.7 Å². The molecule has 2 atom stereocenters. The summed E-state index contributed by atoms with van der Waals surface area (Å²) in [6.07, 6.45) is 1.25. The van der Waals surface area contributed by atoms with Crippen molar-refractivity contribution >= 4 is 46.9 Å². The van der Waals surface area contributed by atoms with E-state index in [4.69, 9.17) is 4.74 Å². The number of hydrogen-bond donors (Lipinski definition) is 2. The maximum absolute atomic E-state index is 14.8. The number of ether oxygens (including phenoxy) is 1. The van der Waals surface area contributed by atoms with Crippen LogP contribution in [-0.2, 0) is 22.6 Å². The first kappa shape index (κ1) is 25.1. The van der Waals surface area contributed by atoms with E-state index in [0.29, 0.717) is 61.0 Å². The quantitative estimate of drug-likeness (QED) is 0.497. The molecule has 3 aromatic heterocycles. The Morgan fingerprint density at radius 2 is 2.11 bits per heavy atom. The summed E-state index contributed by atoms with van der Waals surface area (Å²) in [5.41, 5.74) is 2.61. The summed E-state index contributed by atoms with van der Waals surface area (Å²) in [6, 6.07) is 7.12. The monoisotopic (exact) mass is 532 g/mol. The Balaban J connectivity index is 0.00000267. The number of rotatable bonds is 6. The average Bonchev–Trinajstić information content (AvgIpc) is 3.24. The molecule has 1 fully saturated rings. The summed E-state index contributed by atoms with van der Waals surface area (Å²) >= 11 is 1.50. The lowest BCUT2D eigenvalue weighted by molar-refractivity contribution is -0.113. The van der Waals surface area contributed by atoms with Gasteiger partial charge in [-0.3, -0.25) is 19.5 Å². The number of pyridine rings is 3. The molecule has 3 aromatic rings. The van der Waals surface area contributed by atoms with Gasteiger partial charge in [0.15, 0.2) is 0 Å². The van der Waals surface area contributed by atoms with Gasteiger partial charge < -0.3 is 19.9 Å². The summed E-state index contributed by atoms with van der Waals surface area (Å²) in [7, 11) is 0. The fourth-order valence-corrected chi connectivity index (χ4v) is 5.90. The minimum absolute atomic E-state index is 0. The van der Waals surface area contributed by atoms with Gasteiger partial charge in [-0.1, -0.05) is 0 Å². The Labute approximate surface area is 217 Å². The Morgan fingerprint density at radius 3 is 3.00 bits per heavy atom. The van der Waals surface area contributed by atoms with Gasteiger partial charge in [-0.05, 0) is 18.2 Å². The zero-order valence-corrected chi connectivity index (χ0v) is 21.0. The minimum atomic E-state index is -0.349. The van der Waals surface area contributed by atoms with Crippen molar-refractivity contribution < 1.29 is 13.9 Å². The molecule has 0 spiro atoms. The van der Waals surface area contributed by atoms with Crippen molar-refractivity contribution in [3.8, 4) is 0 Å². The second-order valence-electron chi connectivity index (χ2n) is 9.10. The van der Waals surface area contributed by atoms with Gasteiger partial charge in [-0.15, -0.1) is 24.2 Å². The summed E-state index contributed by atoms with van der Waals surface area (Å²) in [5.74, 6) is 0.565. The van der Waals surface area contributed by atoms with Crippen molar-refractivity contribution in [3.05, 3.63) is 57.9 Å². The summed E-state index contributed by atoms with van der Waals surface area (Å²) in [5, 5.41) is 6.22. The Morgan fingerprint density at radius 1 is 1.22 bits per heavy atom. The number of thioether (sulfide) groups is 1. The van der Waals surface area contributed by atoms with Gasteiger partial charge in [-0.25, -0.2) is 9.37 Å². The molecule has 9 nitrogen and oxygen atoms in total. The van der Waals surface area contributed by atoms with E-state index in [1.54, 1.807) is 10.6 Å². The number of morpholine rings is 1. The van der Waals surface area contributed by atoms with E-state index in [1.165, 1.54) is 24.0 Å². The van der Waals surface area contributed by atoms with Crippen LogP contribution in [0.1, 0.15) is 17.2 Å². The molecule has 0 saturated carbocycles. The van der Waals surface area contributed by atoms with E-state index in [2.05, 4.69) is 25.5 Å². The number of nitrogens with zero attached hydrogens (tertiary/aromatic N) is 4. The zero-order chi connectivity index (χ0) is 23.9. The van der Waals surface area contributed by atoms with Crippen LogP contribution in [0.3, 0.4) is 0 Å². The molecule has 0 radical (unpaired) electrons. The highest BCUT2D eigenvalue weighted by Gasteiger charge is 2.32. The molecule has 190 valence electrons. The molecule has 36 heavy (non-hydrogen) atoms. The van der Waals surface area contributed by atoms with Crippen molar-refractivity contribution in [1.82, 2.24) is 24.8 Å². The standard InChI is InChI=1S/C24H25FN6O3S.ClH/c25-17-9-27-18-2-4-21(33)31-11-14(22(17)23(18)31)10-30-5-6-34-16(12-30)8-26-7-15-1-3-19-24(28-15)29-20(32)13-35-19;/h1-4,9,14,16,26H,5-8,10-13H2,(H,28,29,32);1H/t14?,16-;/m0./s1. The highest BCUT2D eigenvalue weighted by atomic mass is 35.5. The van der Waals surface area contributed by atoms with Gasteiger partial charge in [0.05, 0.1) is 46.3 Å². The summed E-state index contributed by atoms with van der Waals surface area (Å²) in [6.45, 7) is 4.41. The molecule has 12 heteroatoms. The first-order valence-electron chi connectivity index (χ1n) is 11.7. The molecule has 1 saturated heterocycles. The van der Waals surface area contributed by atoms with Crippen LogP contribution >= 0.6 is 24.2 Å². The molecular weight excluding hydrogens is 507 g/mol. The van der Waals surface area contributed by atoms with Crippen LogP contribution in [0.5, 0.6) is 0 Å². The van der Waals surface area contributed by atoms with Crippen molar-refractivity contribution in [2.45, 2.75) is 30.0 Å². The van der Waals surface area contributed by atoms with Gasteiger partial charge in [0.2, 0.25) is 5.91 Å². The van der Waals surface area contributed by atoms with Gasteiger partial charge in [0, 0.05) is 56.8 Å². The molecule has 3 aliphatic heterocycles. The van der Waals surface area contributed by atoms with Crippen LogP contribution in [0.4, 0.5) is 10.2 Å². The normalized spacial score (nSPS) is 21.2. The SMILES string of the molecule is Cl.O=C1CSc2ccc(CNC[C@H]3CN(CC4Cn5c(=O)ccc6ncc(F)c4c65)CCO3)nc2N1. The third-order valence-corrected chi connectivity index (χ3v) is 7.76. The van der Waals surface area contributed by atoms with Crippen molar-refractivity contribution in [2.75, 3.05) is 43.9 Å². The van der Waals surface area contributed by atoms with Crippen LogP contribution in [0.15, 0.2) is 40.2 Å². The summed E-state index contributed by atoms with van der Waals surface area (Å²) in [4.78, 5) is 36.0. The minimum Gasteiger partial charge on any atom is -0.374 e. The van der Waals surface area contributed by atoms with Crippen LogP contribution in [0.25, 0.3) is 11.0 Å². The third kappa shape index (κ3) is 4.85. The second kappa shape index (κ2) is 10.4. The Hall–Kier alpha value is -2.57. The van der Waals surface area contributed by atoms with Crippen LogP contribution in [0, 0.1) is 5.82 Å². The van der Waals surface area contributed by atoms with Crippen LogP contribution in [0.2, 0.25) is 0 Å². The molecule has 0 bridgehead atoms. The molecule has 6 heterocycles. The average molecular weight is 533 g/mol. The highest BCUT2D eigenvalue weighted by Crippen LogP contribution is 2.34. The number of carbonyl (C=O) groups is 1. The fraction of sp³-hybridized carbons (Fsp3) is 0.417. The number of aromatic nitrogens is 3. The van der Waals surface area contributed by atoms with Crippen LogP contribution < -0.4 is 16.2 Å². The number of amides is 1. The lowest BCUT2D eigenvalue weighted by atomic mass is 10.00. The molecule has 3 aliphatic rings. The third-order valence-electron chi connectivity index (χ3n) is 6.72. The number of fused-ring (bicyclic) bond motifs is 1. The first-order chi connectivity index (χ1) is 17.0. The number of anilines is 1. The predicted molar refractivity (Wildman–Crippen MR) is 137 cm³/mol. The van der Waals surface area contributed by atoms with E-state index >= 15 is 0 Å². The van der Waals surface area contributed by atoms with Gasteiger partial charge >= 0.3 is 0 Å². The maximum atomic E-state index is 14.8. The van der Waals surface area contributed by atoms with E-state index in [9.17, 15) is 14.0 Å². The number of carbonyl (C=O) groups excluding carboxylic acids is 1. The van der Waals surface area contributed by atoms with E-state index in [0.717, 1.165) is 23.7 Å². The Bertz CT molecular complexity index is 1370. The van der Waals surface area contributed by atoms with Crippen molar-refractivity contribution in [1.29, 1.82) is 0 Å². The molecular formula is C24H26ClFN6O3S. The predicted octanol–water partition coefficient (Wildman–Crippen LogP) is 1.98. The molecule has 0 aliphatic carbocycles. The van der Waals surface area contributed by atoms with E-state index < -0.39 is 0 Å². The topological polar surface area (TPSA) is 101 Å². The smallest absolute Gasteiger partial charge is 0.251 e. The van der Waals surface area contributed by atoms with Crippen LogP contribution in [-0.4, -0.2) is 70.0 Å². The largest absolute Gasteiger partial charge is 0.374 e. The maximum Gasteiger partial charge on any atom is 0.251 e. The number of nitrogens with one attached hydrogen (secondary N) is 2. The van der Waals surface area contributed by atoms with Gasteiger partial charge in [0.1, 0.15) is 11.6 Å². The zero-order valence-electron chi connectivity index (χ0n) is 19.4. The molecule has 0 aromatic carbocycles. The van der Waals surface area contributed by atoms with Crippen molar-refractivity contribution in [3.63, 3.8) is 0 Å². The molecule has 6 rings (SSSR count). The van der Waals surface area contributed by atoms with E-state index in [1.807, 2.05) is 12.1 Å². The van der Waals surface area contributed by atoms with Gasteiger partial charge in [-0.2, -0.15) is 0 Å². The molecule has 1 amide bonds. The number of halogens is 2.